The highest BCUT2D eigenvalue weighted by molar-refractivity contribution is 6.06. The molecule has 6 nitrogen and oxygen atoms in total. The number of amides is 1. The number of carboxylic acids is 1. The Morgan fingerprint density at radius 1 is 1.26 bits per heavy atom. The van der Waals surface area contributed by atoms with Crippen LogP contribution in [0.2, 0.25) is 0 Å². The number of nitrogens with one attached hydrogen (secondary N) is 1. The molecular weight excluding hydrogens is 344 g/mol. The molecule has 6 heteroatoms. The molecule has 1 fully saturated rings. The Morgan fingerprint density at radius 3 is 2.63 bits per heavy atom. The van der Waals surface area contributed by atoms with Gasteiger partial charge in [-0.25, -0.2) is 0 Å². The second kappa shape index (κ2) is 8.48. The number of fused-ring (bicyclic) bond motifs is 1. The molecule has 1 amide bonds. The molecule has 2 heterocycles. The first-order valence-electron chi connectivity index (χ1n) is 9.45. The predicted molar refractivity (Wildman–Crippen MR) is 103 cm³/mol. The number of carbonyl (C=O) groups is 2. The Kier molecular flexibility index (Phi) is 6.06. The van der Waals surface area contributed by atoms with Gasteiger partial charge in [-0.3, -0.25) is 14.6 Å². The lowest BCUT2D eigenvalue weighted by molar-refractivity contribution is -0.144. The van der Waals surface area contributed by atoms with Crippen LogP contribution in [0.4, 0.5) is 0 Å². The summed E-state index contributed by atoms with van der Waals surface area (Å²) in [5.41, 5.74) is 2.16. The number of rotatable bonds is 6. The summed E-state index contributed by atoms with van der Waals surface area (Å²) in [6.07, 6.45) is 1.42. The molecule has 2 N–H and O–H groups in total. The van der Waals surface area contributed by atoms with Crippen LogP contribution in [0.5, 0.6) is 0 Å². The minimum atomic E-state index is -0.871. The number of aromatic nitrogens is 1. The monoisotopic (exact) mass is 370 g/mol. The van der Waals surface area contributed by atoms with Gasteiger partial charge in [0.25, 0.3) is 5.91 Å². The van der Waals surface area contributed by atoms with E-state index in [1.165, 1.54) is 0 Å². The number of para-hydroxylation sites is 1. The lowest BCUT2D eigenvalue weighted by Gasteiger charge is -2.27. The predicted octanol–water partition coefficient (Wildman–Crippen LogP) is 3.22. The molecule has 2 aromatic rings. The molecule has 1 saturated heterocycles. The molecule has 1 aliphatic rings. The molecule has 144 valence electrons. The Hall–Kier alpha value is -2.47. The third-order valence-electron chi connectivity index (χ3n) is 5.21. The Bertz CT molecular complexity index is 828. The second-order valence-corrected chi connectivity index (χ2v) is 7.37. The van der Waals surface area contributed by atoms with Crippen molar-refractivity contribution in [3.05, 3.63) is 41.6 Å². The van der Waals surface area contributed by atoms with Gasteiger partial charge in [-0.2, -0.15) is 0 Å². The van der Waals surface area contributed by atoms with Gasteiger partial charge in [-0.05, 0) is 36.8 Å². The zero-order valence-corrected chi connectivity index (χ0v) is 15.8. The maximum Gasteiger partial charge on any atom is 0.308 e. The summed E-state index contributed by atoms with van der Waals surface area (Å²) in [4.78, 5) is 29.2. The zero-order valence-electron chi connectivity index (χ0n) is 15.8. The maximum atomic E-state index is 12.9. The third kappa shape index (κ3) is 4.45. The summed E-state index contributed by atoms with van der Waals surface area (Å²) >= 11 is 0. The number of aliphatic carboxylic acids is 1. The highest BCUT2D eigenvalue weighted by Gasteiger charge is 2.30. The van der Waals surface area contributed by atoms with E-state index in [0.29, 0.717) is 31.6 Å². The molecule has 1 atom stereocenters. The topological polar surface area (TPSA) is 88.5 Å². The van der Waals surface area contributed by atoms with Crippen LogP contribution < -0.4 is 5.32 Å². The standard InChI is InChI=1S/C21H26N2O4/c1-13(2)19-11-16(15-5-3-4-6-18(15)23-19)20(24)22-12-17(21(25)26)14-7-9-27-10-8-14/h3-6,11,13-14,17H,7-10,12H2,1-2H3,(H,22,24)(H,25,26). The molecule has 3 rings (SSSR count). The lowest BCUT2D eigenvalue weighted by atomic mass is 9.86. The molecule has 0 spiro atoms. The maximum absolute atomic E-state index is 12.9. The van der Waals surface area contributed by atoms with Gasteiger partial charge in [0.15, 0.2) is 0 Å². The normalized spacial score (nSPS) is 16.4. The first-order chi connectivity index (χ1) is 13.0. The van der Waals surface area contributed by atoms with E-state index in [-0.39, 0.29) is 24.3 Å². The Labute approximate surface area is 158 Å². The molecule has 1 aromatic heterocycles. The van der Waals surface area contributed by atoms with E-state index >= 15 is 0 Å². The van der Waals surface area contributed by atoms with Gasteiger partial charge in [0.1, 0.15) is 0 Å². The van der Waals surface area contributed by atoms with Crippen LogP contribution in [0.3, 0.4) is 0 Å². The molecule has 1 unspecified atom stereocenters. The largest absolute Gasteiger partial charge is 0.481 e. The minimum absolute atomic E-state index is 0.0250. The molecule has 1 aromatic carbocycles. The second-order valence-electron chi connectivity index (χ2n) is 7.37. The van der Waals surface area contributed by atoms with Crippen LogP contribution in [0, 0.1) is 11.8 Å². The molecule has 1 aliphatic heterocycles. The quantitative estimate of drug-likeness (QED) is 0.815. The number of ether oxygens (including phenoxy) is 1. The van der Waals surface area contributed by atoms with E-state index in [4.69, 9.17) is 4.74 Å². The number of benzene rings is 1. The number of hydrogen-bond donors (Lipinski definition) is 2. The van der Waals surface area contributed by atoms with E-state index in [1.54, 1.807) is 0 Å². The molecule has 0 radical (unpaired) electrons. The van der Waals surface area contributed by atoms with Crippen molar-refractivity contribution in [2.75, 3.05) is 19.8 Å². The number of carbonyl (C=O) groups excluding carboxylic acids is 1. The number of pyridine rings is 1. The minimum Gasteiger partial charge on any atom is -0.481 e. The van der Waals surface area contributed by atoms with E-state index in [2.05, 4.69) is 10.3 Å². The average Bonchev–Trinajstić information content (AvgIpc) is 2.67. The van der Waals surface area contributed by atoms with Crippen LogP contribution in [0.15, 0.2) is 30.3 Å². The van der Waals surface area contributed by atoms with Crippen molar-refractivity contribution < 1.29 is 19.4 Å². The smallest absolute Gasteiger partial charge is 0.308 e. The fourth-order valence-corrected chi connectivity index (χ4v) is 3.55. The summed E-state index contributed by atoms with van der Waals surface area (Å²) in [6, 6.07) is 9.34. The van der Waals surface area contributed by atoms with E-state index in [9.17, 15) is 14.7 Å². The van der Waals surface area contributed by atoms with Gasteiger partial charge in [0, 0.05) is 30.8 Å². The van der Waals surface area contributed by atoms with Gasteiger partial charge in [0.2, 0.25) is 0 Å². The lowest BCUT2D eigenvalue weighted by Crippen LogP contribution is -2.39. The summed E-state index contributed by atoms with van der Waals surface area (Å²) in [6.45, 7) is 5.34. The van der Waals surface area contributed by atoms with E-state index in [1.807, 2.05) is 44.2 Å². The van der Waals surface area contributed by atoms with Gasteiger partial charge in [-0.15, -0.1) is 0 Å². The van der Waals surface area contributed by atoms with Crippen LogP contribution in [-0.2, 0) is 9.53 Å². The van der Waals surface area contributed by atoms with Crippen LogP contribution in [0.25, 0.3) is 10.9 Å². The van der Waals surface area contributed by atoms with Gasteiger partial charge >= 0.3 is 5.97 Å². The van der Waals surface area contributed by atoms with E-state index in [0.717, 1.165) is 16.6 Å². The first kappa shape index (κ1) is 19.3. The molecule has 0 bridgehead atoms. The Morgan fingerprint density at radius 2 is 1.96 bits per heavy atom. The summed E-state index contributed by atoms with van der Waals surface area (Å²) < 4.78 is 5.32. The highest BCUT2D eigenvalue weighted by atomic mass is 16.5. The number of hydrogen-bond acceptors (Lipinski definition) is 4. The van der Waals surface area contributed by atoms with Crippen molar-refractivity contribution in [3.8, 4) is 0 Å². The Balaban J connectivity index is 1.81. The summed E-state index contributed by atoms with van der Waals surface area (Å²) in [7, 11) is 0. The molecule has 0 saturated carbocycles. The molecule has 27 heavy (non-hydrogen) atoms. The van der Waals surface area contributed by atoms with Crippen molar-refractivity contribution in [1.82, 2.24) is 10.3 Å². The van der Waals surface area contributed by atoms with E-state index < -0.39 is 11.9 Å². The average molecular weight is 370 g/mol. The van der Waals surface area contributed by atoms with Gasteiger partial charge in [0.05, 0.1) is 17.0 Å². The molecular formula is C21H26N2O4. The highest BCUT2D eigenvalue weighted by Crippen LogP contribution is 2.25. The van der Waals surface area contributed by atoms with Crippen LogP contribution in [0.1, 0.15) is 48.7 Å². The zero-order chi connectivity index (χ0) is 19.4. The number of carboxylic acid groups (broad SMARTS) is 1. The van der Waals surface area contributed by atoms with Crippen molar-refractivity contribution in [1.29, 1.82) is 0 Å². The summed E-state index contributed by atoms with van der Waals surface area (Å²) in [5.74, 6) is -1.51. The van der Waals surface area contributed by atoms with Crippen LogP contribution in [-0.4, -0.2) is 41.7 Å². The SMILES string of the molecule is CC(C)c1cc(C(=O)NCC(C(=O)O)C2CCOCC2)c2ccccc2n1. The van der Waals surface area contributed by atoms with Crippen molar-refractivity contribution >= 4 is 22.8 Å². The van der Waals surface area contributed by atoms with Crippen molar-refractivity contribution in [2.24, 2.45) is 11.8 Å². The fourth-order valence-electron chi connectivity index (χ4n) is 3.55. The number of nitrogens with zero attached hydrogens (tertiary/aromatic N) is 1. The van der Waals surface area contributed by atoms with Gasteiger partial charge < -0.3 is 15.2 Å². The molecule has 0 aliphatic carbocycles. The first-order valence-corrected chi connectivity index (χ1v) is 9.45. The van der Waals surface area contributed by atoms with Crippen molar-refractivity contribution in [2.45, 2.75) is 32.6 Å². The fraction of sp³-hybridized carbons (Fsp3) is 0.476. The third-order valence-corrected chi connectivity index (χ3v) is 5.21. The van der Waals surface area contributed by atoms with Gasteiger partial charge in [-0.1, -0.05) is 32.0 Å². The van der Waals surface area contributed by atoms with Crippen LogP contribution >= 0.6 is 0 Å². The van der Waals surface area contributed by atoms with Crippen molar-refractivity contribution in [3.63, 3.8) is 0 Å². The summed E-state index contributed by atoms with van der Waals surface area (Å²) in [5, 5.41) is 13.2.